The predicted octanol–water partition coefficient (Wildman–Crippen LogP) is 4.28. The molecule has 2 heterocycles. The summed E-state index contributed by atoms with van der Waals surface area (Å²) in [6.45, 7) is 1.96. The standard InChI is InChI=1S/C22H18N6O/c1-14(20-16-8-4-3-7-15(16)11-12-19(20)29-2)24-25-21-17-9-5-6-10-18(17)22-26-23-13-28(22)27-21/h3-13H,1-2H3,(H,25,27). The lowest BCUT2D eigenvalue weighted by Crippen LogP contribution is -2.06. The highest BCUT2D eigenvalue weighted by Crippen LogP contribution is 2.29. The number of hydrogen-bond donors (Lipinski definition) is 1. The molecule has 7 heteroatoms. The summed E-state index contributed by atoms with van der Waals surface area (Å²) in [4.78, 5) is 0. The molecule has 7 nitrogen and oxygen atoms in total. The van der Waals surface area contributed by atoms with Gasteiger partial charge in [-0.1, -0.05) is 54.6 Å². The molecule has 0 fully saturated rings. The van der Waals surface area contributed by atoms with Crippen molar-refractivity contribution < 1.29 is 4.74 Å². The molecule has 0 radical (unpaired) electrons. The van der Waals surface area contributed by atoms with Gasteiger partial charge in [0, 0.05) is 16.3 Å². The van der Waals surface area contributed by atoms with E-state index in [9.17, 15) is 0 Å². The Hall–Kier alpha value is -4.00. The molecule has 0 aliphatic carbocycles. The number of fused-ring (bicyclic) bond motifs is 4. The van der Waals surface area contributed by atoms with Crippen LogP contribution in [0.4, 0.5) is 5.82 Å². The van der Waals surface area contributed by atoms with E-state index < -0.39 is 0 Å². The summed E-state index contributed by atoms with van der Waals surface area (Å²) in [6.07, 6.45) is 1.58. The molecule has 0 saturated carbocycles. The summed E-state index contributed by atoms with van der Waals surface area (Å²) in [5.41, 5.74) is 5.59. The normalized spacial score (nSPS) is 12.0. The van der Waals surface area contributed by atoms with Gasteiger partial charge in [0.1, 0.15) is 12.1 Å². The number of benzene rings is 3. The Morgan fingerprint density at radius 2 is 1.72 bits per heavy atom. The van der Waals surface area contributed by atoms with Crippen molar-refractivity contribution >= 4 is 38.7 Å². The maximum atomic E-state index is 5.60. The fourth-order valence-corrected chi connectivity index (χ4v) is 3.60. The van der Waals surface area contributed by atoms with Crippen LogP contribution in [-0.2, 0) is 0 Å². The maximum Gasteiger partial charge on any atom is 0.185 e. The molecule has 2 aromatic heterocycles. The van der Waals surface area contributed by atoms with Crippen molar-refractivity contribution in [2.45, 2.75) is 6.92 Å². The van der Waals surface area contributed by atoms with Gasteiger partial charge in [-0.3, -0.25) is 5.43 Å². The van der Waals surface area contributed by atoms with Crippen LogP contribution in [0, 0.1) is 0 Å². The van der Waals surface area contributed by atoms with Crippen LogP contribution in [0.15, 0.2) is 72.1 Å². The summed E-state index contributed by atoms with van der Waals surface area (Å²) in [5.74, 6) is 1.41. The molecule has 3 aromatic carbocycles. The van der Waals surface area contributed by atoms with E-state index in [1.54, 1.807) is 18.0 Å². The maximum absolute atomic E-state index is 5.60. The minimum absolute atomic E-state index is 0.631. The van der Waals surface area contributed by atoms with Crippen LogP contribution in [0.5, 0.6) is 5.75 Å². The molecule has 0 spiro atoms. The van der Waals surface area contributed by atoms with Crippen molar-refractivity contribution in [3.05, 3.63) is 72.6 Å². The van der Waals surface area contributed by atoms with E-state index in [0.717, 1.165) is 38.6 Å². The fourth-order valence-electron chi connectivity index (χ4n) is 3.60. The summed E-state index contributed by atoms with van der Waals surface area (Å²) in [7, 11) is 1.67. The Morgan fingerprint density at radius 3 is 2.55 bits per heavy atom. The number of anilines is 1. The molecule has 0 bridgehead atoms. The Bertz CT molecular complexity index is 1390. The molecule has 0 aliphatic rings. The van der Waals surface area contributed by atoms with E-state index in [2.05, 4.69) is 38.0 Å². The first-order valence-electron chi connectivity index (χ1n) is 9.21. The molecule has 142 valence electrons. The largest absolute Gasteiger partial charge is 0.496 e. The monoisotopic (exact) mass is 382 g/mol. The lowest BCUT2D eigenvalue weighted by atomic mass is 10.0. The van der Waals surface area contributed by atoms with Crippen LogP contribution in [-0.4, -0.2) is 32.6 Å². The summed E-state index contributed by atoms with van der Waals surface area (Å²) in [6, 6.07) is 20.1. The minimum atomic E-state index is 0.631. The van der Waals surface area contributed by atoms with E-state index >= 15 is 0 Å². The van der Waals surface area contributed by atoms with Gasteiger partial charge in [0.2, 0.25) is 0 Å². The van der Waals surface area contributed by atoms with Crippen LogP contribution in [0.25, 0.3) is 27.2 Å². The number of methoxy groups -OCH3 is 1. The van der Waals surface area contributed by atoms with Crippen molar-refractivity contribution in [2.24, 2.45) is 5.10 Å². The molecular formula is C22H18N6O. The molecule has 0 atom stereocenters. The van der Waals surface area contributed by atoms with Gasteiger partial charge < -0.3 is 4.74 Å². The van der Waals surface area contributed by atoms with Gasteiger partial charge in [0.25, 0.3) is 0 Å². The quantitative estimate of drug-likeness (QED) is 0.371. The highest BCUT2D eigenvalue weighted by atomic mass is 16.5. The zero-order valence-corrected chi connectivity index (χ0v) is 16.0. The van der Waals surface area contributed by atoms with Crippen LogP contribution >= 0.6 is 0 Å². The molecule has 0 unspecified atom stereocenters. The van der Waals surface area contributed by atoms with Gasteiger partial charge in [-0.2, -0.15) is 9.62 Å². The van der Waals surface area contributed by atoms with Crippen molar-refractivity contribution in [1.82, 2.24) is 19.8 Å². The highest BCUT2D eigenvalue weighted by Gasteiger charge is 2.13. The van der Waals surface area contributed by atoms with Gasteiger partial charge in [-0.15, -0.1) is 15.3 Å². The van der Waals surface area contributed by atoms with Crippen LogP contribution < -0.4 is 10.2 Å². The van der Waals surface area contributed by atoms with Gasteiger partial charge in [0.15, 0.2) is 11.5 Å². The summed E-state index contributed by atoms with van der Waals surface area (Å²) >= 11 is 0. The Labute approximate surface area is 166 Å². The van der Waals surface area contributed by atoms with Crippen molar-refractivity contribution in [1.29, 1.82) is 0 Å². The number of hydrogen-bond acceptors (Lipinski definition) is 6. The second-order valence-corrected chi connectivity index (χ2v) is 6.67. The van der Waals surface area contributed by atoms with Crippen molar-refractivity contribution in [2.75, 3.05) is 12.5 Å². The first kappa shape index (κ1) is 17.1. The van der Waals surface area contributed by atoms with Crippen LogP contribution in [0.2, 0.25) is 0 Å². The average molecular weight is 382 g/mol. The molecule has 5 aromatic rings. The number of nitrogens with one attached hydrogen (secondary N) is 1. The summed E-state index contributed by atoms with van der Waals surface area (Å²) < 4.78 is 7.25. The van der Waals surface area contributed by atoms with Crippen LogP contribution in [0.1, 0.15) is 12.5 Å². The molecule has 29 heavy (non-hydrogen) atoms. The number of rotatable bonds is 4. The lowest BCUT2D eigenvalue weighted by molar-refractivity contribution is 0.414. The van der Waals surface area contributed by atoms with E-state index in [-0.39, 0.29) is 0 Å². The predicted molar refractivity (Wildman–Crippen MR) is 115 cm³/mol. The number of nitrogens with zero attached hydrogens (tertiary/aromatic N) is 5. The van der Waals surface area contributed by atoms with E-state index in [4.69, 9.17) is 4.74 Å². The fraction of sp³-hybridized carbons (Fsp3) is 0.0909. The number of ether oxygens (including phenoxy) is 1. The molecule has 0 saturated heterocycles. The molecule has 0 aliphatic heterocycles. The second kappa shape index (κ2) is 6.87. The second-order valence-electron chi connectivity index (χ2n) is 6.67. The van der Waals surface area contributed by atoms with E-state index in [0.29, 0.717) is 11.5 Å². The van der Waals surface area contributed by atoms with Crippen LogP contribution in [0.3, 0.4) is 0 Å². The van der Waals surface area contributed by atoms with Gasteiger partial charge in [-0.05, 0) is 23.8 Å². The minimum Gasteiger partial charge on any atom is -0.496 e. The first-order valence-corrected chi connectivity index (χ1v) is 9.21. The average Bonchev–Trinajstić information content (AvgIpc) is 3.25. The van der Waals surface area contributed by atoms with E-state index in [1.807, 2.05) is 55.5 Å². The molecule has 0 amide bonds. The van der Waals surface area contributed by atoms with Crippen molar-refractivity contribution in [3.63, 3.8) is 0 Å². The Kier molecular flexibility index (Phi) is 4.05. The van der Waals surface area contributed by atoms with Crippen molar-refractivity contribution in [3.8, 4) is 5.75 Å². The van der Waals surface area contributed by atoms with E-state index in [1.165, 1.54) is 0 Å². The number of hydrazone groups is 1. The Morgan fingerprint density at radius 1 is 0.966 bits per heavy atom. The van der Waals surface area contributed by atoms with Gasteiger partial charge >= 0.3 is 0 Å². The third kappa shape index (κ3) is 2.84. The summed E-state index contributed by atoms with van der Waals surface area (Å²) in [5, 5.41) is 21.4. The highest BCUT2D eigenvalue weighted by molar-refractivity contribution is 6.12. The molecular weight excluding hydrogens is 364 g/mol. The lowest BCUT2D eigenvalue weighted by Gasteiger charge is -2.12. The Balaban J connectivity index is 1.63. The topological polar surface area (TPSA) is 76.7 Å². The van der Waals surface area contributed by atoms with Gasteiger partial charge in [-0.25, -0.2) is 0 Å². The zero-order valence-electron chi connectivity index (χ0n) is 16.0. The third-order valence-electron chi connectivity index (χ3n) is 4.96. The third-order valence-corrected chi connectivity index (χ3v) is 4.96. The SMILES string of the molecule is COc1ccc2ccccc2c1C(C)=NNc1nn2cnnc2c2ccccc12. The smallest absolute Gasteiger partial charge is 0.185 e. The molecule has 1 N–H and O–H groups in total. The number of aromatic nitrogens is 4. The molecule has 5 rings (SSSR count). The zero-order chi connectivity index (χ0) is 19.8. The first-order chi connectivity index (χ1) is 14.3. The van der Waals surface area contributed by atoms with Gasteiger partial charge in [0.05, 0.1) is 12.8 Å².